The molecule has 0 saturated heterocycles. The molecule has 2 heterocycles. The van der Waals surface area contributed by atoms with Crippen LogP contribution in [0.15, 0.2) is 39.9 Å². The standard InChI is InChI=1S/C17H21N5O4/c1-20-14-13(15(25)21(2)17(20)26)22(9-12(24)10-23)16(19-14)18-8-11-6-4-3-5-7-11/h3-7,12,23-24H,8-10H2,1-2H3,(H,18,19)/t12-/m1/s1. The lowest BCUT2D eigenvalue weighted by atomic mass is 10.2. The van der Waals surface area contributed by atoms with Crippen molar-refractivity contribution in [3.63, 3.8) is 0 Å². The molecule has 2 aromatic heterocycles. The predicted octanol–water partition coefficient (Wildman–Crippen LogP) is -0.601. The number of rotatable bonds is 6. The minimum atomic E-state index is -1.06. The summed E-state index contributed by atoms with van der Waals surface area (Å²) in [6.07, 6.45) is -1.06. The van der Waals surface area contributed by atoms with Crippen molar-refractivity contribution in [3.8, 4) is 0 Å². The normalized spacial score (nSPS) is 12.5. The van der Waals surface area contributed by atoms with Gasteiger partial charge in [0.05, 0.1) is 19.3 Å². The van der Waals surface area contributed by atoms with E-state index < -0.39 is 24.0 Å². The number of nitrogens with zero attached hydrogens (tertiary/aromatic N) is 4. The van der Waals surface area contributed by atoms with Crippen LogP contribution in [0.3, 0.4) is 0 Å². The van der Waals surface area contributed by atoms with Crippen LogP contribution in [0.1, 0.15) is 5.56 Å². The van der Waals surface area contributed by atoms with Gasteiger partial charge >= 0.3 is 5.69 Å². The van der Waals surface area contributed by atoms with Crippen LogP contribution in [0, 0.1) is 0 Å². The van der Waals surface area contributed by atoms with Crippen LogP contribution in [0.2, 0.25) is 0 Å². The molecule has 0 amide bonds. The predicted molar refractivity (Wildman–Crippen MR) is 97.1 cm³/mol. The third kappa shape index (κ3) is 3.14. The molecule has 3 aromatic rings. The molecule has 1 aromatic carbocycles. The highest BCUT2D eigenvalue weighted by molar-refractivity contribution is 5.74. The first kappa shape index (κ1) is 17.9. The summed E-state index contributed by atoms with van der Waals surface area (Å²) in [5.74, 6) is 0.342. The Morgan fingerprint density at radius 3 is 2.50 bits per heavy atom. The van der Waals surface area contributed by atoms with Crippen molar-refractivity contribution in [3.05, 3.63) is 56.7 Å². The van der Waals surface area contributed by atoms with E-state index in [1.54, 1.807) is 0 Å². The lowest BCUT2D eigenvalue weighted by molar-refractivity contribution is 0.0824. The average molecular weight is 359 g/mol. The molecular formula is C17H21N5O4. The Morgan fingerprint density at radius 2 is 1.85 bits per heavy atom. The second kappa shape index (κ2) is 7.14. The fraction of sp³-hybridized carbons (Fsp3) is 0.353. The summed E-state index contributed by atoms with van der Waals surface area (Å²) in [6, 6.07) is 9.62. The zero-order valence-electron chi connectivity index (χ0n) is 14.6. The minimum Gasteiger partial charge on any atom is -0.394 e. The molecule has 0 unspecified atom stereocenters. The van der Waals surface area contributed by atoms with Gasteiger partial charge in [-0.3, -0.25) is 13.9 Å². The molecule has 138 valence electrons. The molecule has 0 aliphatic heterocycles. The zero-order chi connectivity index (χ0) is 18.8. The molecule has 0 aliphatic carbocycles. The quantitative estimate of drug-likeness (QED) is 0.541. The first-order valence-electron chi connectivity index (χ1n) is 8.17. The summed E-state index contributed by atoms with van der Waals surface area (Å²) in [5.41, 5.74) is 0.435. The number of aromatic nitrogens is 4. The van der Waals surface area contributed by atoms with Crippen LogP contribution in [-0.4, -0.2) is 41.6 Å². The first-order valence-corrected chi connectivity index (χ1v) is 8.17. The van der Waals surface area contributed by atoms with E-state index in [2.05, 4.69) is 10.3 Å². The number of aryl methyl sites for hydroxylation is 1. The highest BCUT2D eigenvalue weighted by Crippen LogP contribution is 2.17. The Kier molecular flexibility index (Phi) is 4.92. The Hall–Kier alpha value is -2.91. The maximum Gasteiger partial charge on any atom is 0.332 e. The number of imidazole rings is 1. The highest BCUT2D eigenvalue weighted by Gasteiger charge is 2.20. The molecule has 26 heavy (non-hydrogen) atoms. The van der Waals surface area contributed by atoms with Crippen LogP contribution in [0.4, 0.5) is 5.95 Å². The first-order chi connectivity index (χ1) is 12.4. The Bertz CT molecular complexity index is 1040. The lowest BCUT2D eigenvalue weighted by Gasteiger charge is -2.13. The van der Waals surface area contributed by atoms with E-state index in [0.29, 0.717) is 12.5 Å². The molecule has 0 fully saturated rings. The van der Waals surface area contributed by atoms with Gasteiger partial charge in [-0.05, 0) is 5.56 Å². The van der Waals surface area contributed by atoms with E-state index >= 15 is 0 Å². The number of hydrogen-bond donors (Lipinski definition) is 3. The lowest BCUT2D eigenvalue weighted by Crippen LogP contribution is -2.38. The summed E-state index contributed by atoms with van der Waals surface area (Å²) in [6.45, 7) is -0.0326. The van der Waals surface area contributed by atoms with Crippen molar-refractivity contribution in [1.29, 1.82) is 0 Å². The largest absolute Gasteiger partial charge is 0.394 e. The second-order valence-electron chi connectivity index (χ2n) is 6.10. The monoisotopic (exact) mass is 359 g/mol. The number of anilines is 1. The van der Waals surface area contributed by atoms with E-state index in [1.165, 1.54) is 23.2 Å². The maximum absolute atomic E-state index is 12.6. The average Bonchev–Trinajstić information content (AvgIpc) is 3.02. The fourth-order valence-corrected chi connectivity index (χ4v) is 2.80. The fourth-order valence-electron chi connectivity index (χ4n) is 2.80. The van der Waals surface area contributed by atoms with Gasteiger partial charge in [-0.2, -0.15) is 4.98 Å². The van der Waals surface area contributed by atoms with E-state index in [0.717, 1.165) is 10.1 Å². The van der Waals surface area contributed by atoms with Crippen LogP contribution >= 0.6 is 0 Å². The molecule has 1 atom stereocenters. The molecule has 9 heteroatoms. The molecule has 0 radical (unpaired) electrons. The van der Waals surface area contributed by atoms with Gasteiger partial charge in [0.1, 0.15) is 0 Å². The molecule has 0 saturated carbocycles. The summed E-state index contributed by atoms with van der Waals surface area (Å²) in [4.78, 5) is 29.1. The number of nitrogens with one attached hydrogen (secondary N) is 1. The number of aliphatic hydroxyl groups excluding tert-OH is 2. The Labute approximate surface area is 148 Å². The van der Waals surface area contributed by atoms with Crippen molar-refractivity contribution < 1.29 is 10.2 Å². The van der Waals surface area contributed by atoms with E-state index in [-0.39, 0.29) is 17.7 Å². The SMILES string of the molecule is Cn1c(=O)c2c(nc(NCc3ccccc3)n2C[C@@H](O)CO)n(C)c1=O. The minimum absolute atomic E-state index is 0.0302. The molecule has 0 aliphatic rings. The van der Waals surface area contributed by atoms with Gasteiger partial charge in [0.15, 0.2) is 11.2 Å². The summed E-state index contributed by atoms with van der Waals surface area (Å²) < 4.78 is 3.78. The van der Waals surface area contributed by atoms with Gasteiger partial charge in [0.2, 0.25) is 5.95 Å². The van der Waals surface area contributed by atoms with Gasteiger partial charge in [0.25, 0.3) is 5.56 Å². The Morgan fingerprint density at radius 1 is 1.15 bits per heavy atom. The number of aliphatic hydroxyl groups is 2. The molecule has 0 bridgehead atoms. The zero-order valence-corrected chi connectivity index (χ0v) is 14.6. The number of fused-ring (bicyclic) bond motifs is 1. The molecule has 3 rings (SSSR count). The van der Waals surface area contributed by atoms with Crippen molar-refractivity contribution in [2.24, 2.45) is 14.1 Å². The van der Waals surface area contributed by atoms with Gasteiger partial charge in [0, 0.05) is 20.6 Å². The van der Waals surface area contributed by atoms with Crippen LogP contribution in [-0.2, 0) is 27.2 Å². The molecule has 3 N–H and O–H groups in total. The van der Waals surface area contributed by atoms with Crippen molar-refractivity contribution in [1.82, 2.24) is 18.7 Å². The number of benzene rings is 1. The molecular weight excluding hydrogens is 338 g/mol. The van der Waals surface area contributed by atoms with Crippen molar-refractivity contribution >= 4 is 17.1 Å². The van der Waals surface area contributed by atoms with Gasteiger partial charge in [-0.25, -0.2) is 4.79 Å². The van der Waals surface area contributed by atoms with Crippen LogP contribution in [0.25, 0.3) is 11.2 Å². The van der Waals surface area contributed by atoms with Crippen LogP contribution in [0.5, 0.6) is 0 Å². The Balaban J connectivity index is 2.13. The second-order valence-corrected chi connectivity index (χ2v) is 6.10. The summed E-state index contributed by atoms with van der Waals surface area (Å²) >= 11 is 0. The summed E-state index contributed by atoms with van der Waals surface area (Å²) in [5, 5.41) is 22.2. The van der Waals surface area contributed by atoms with Crippen molar-refractivity contribution in [2.75, 3.05) is 11.9 Å². The molecule has 9 nitrogen and oxygen atoms in total. The number of hydrogen-bond acceptors (Lipinski definition) is 6. The third-order valence-corrected chi connectivity index (χ3v) is 4.25. The van der Waals surface area contributed by atoms with Crippen molar-refractivity contribution in [2.45, 2.75) is 19.2 Å². The summed E-state index contributed by atoms with van der Waals surface area (Å²) in [7, 11) is 2.92. The van der Waals surface area contributed by atoms with Gasteiger partial charge in [-0.15, -0.1) is 0 Å². The van der Waals surface area contributed by atoms with E-state index in [4.69, 9.17) is 0 Å². The topological polar surface area (TPSA) is 114 Å². The van der Waals surface area contributed by atoms with Gasteiger partial charge < -0.3 is 20.1 Å². The van der Waals surface area contributed by atoms with Crippen LogP contribution < -0.4 is 16.6 Å². The smallest absolute Gasteiger partial charge is 0.332 e. The van der Waals surface area contributed by atoms with E-state index in [1.807, 2.05) is 30.3 Å². The van der Waals surface area contributed by atoms with E-state index in [9.17, 15) is 19.8 Å². The third-order valence-electron chi connectivity index (χ3n) is 4.25. The molecule has 0 spiro atoms. The maximum atomic E-state index is 12.6. The van der Waals surface area contributed by atoms with Gasteiger partial charge in [-0.1, -0.05) is 30.3 Å². The highest BCUT2D eigenvalue weighted by atomic mass is 16.3.